The fourth-order valence-electron chi connectivity index (χ4n) is 3.13. The van der Waals surface area contributed by atoms with E-state index in [9.17, 15) is 4.79 Å². The van der Waals surface area contributed by atoms with Crippen molar-refractivity contribution < 1.29 is 4.79 Å². The Kier molecular flexibility index (Phi) is 2.23. The molecule has 1 aromatic rings. The molecule has 0 bridgehead atoms. The SMILES string of the molecule is CN(Cc1ncc[nH]1)C(=O)C1C2CCCC21. The summed E-state index contributed by atoms with van der Waals surface area (Å²) < 4.78 is 0. The van der Waals surface area contributed by atoms with Gasteiger partial charge in [-0.15, -0.1) is 0 Å². The van der Waals surface area contributed by atoms with Gasteiger partial charge in [0.15, 0.2) is 0 Å². The molecule has 2 atom stereocenters. The first-order valence-corrected chi connectivity index (χ1v) is 6.00. The van der Waals surface area contributed by atoms with Crippen molar-refractivity contribution in [2.75, 3.05) is 7.05 Å². The lowest BCUT2D eigenvalue weighted by Crippen LogP contribution is -2.29. The first kappa shape index (κ1) is 9.87. The summed E-state index contributed by atoms with van der Waals surface area (Å²) in [7, 11) is 1.87. The van der Waals surface area contributed by atoms with Gasteiger partial charge in [-0.05, 0) is 24.7 Å². The van der Waals surface area contributed by atoms with Crippen LogP contribution < -0.4 is 0 Å². The molecule has 1 aromatic heterocycles. The zero-order chi connectivity index (χ0) is 11.1. The first-order valence-electron chi connectivity index (χ1n) is 6.00. The molecule has 0 aliphatic heterocycles. The number of fused-ring (bicyclic) bond motifs is 1. The lowest BCUT2D eigenvalue weighted by molar-refractivity contribution is -0.132. The summed E-state index contributed by atoms with van der Waals surface area (Å²) in [6.45, 7) is 0.599. The maximum Gasteiger partial charge on any atom is 0.226 e. The number of nitrogens with one attached hydrogen (secondary N) is 1. The minimum atomic E-state index is 0.311. The second-order valence-electron chi connectivity index (χ2n) is 5.01. The molecule has 4 nitrogen and oxygen atoms in total. The van der Waals surface area contributed by atoms with Crippen LogP contribution in [0.3, 0.4) is 0 Å². The molecule has 2 aliphatic carbocycles. The van der Waals surface area contributed by atoms with Crippen LogP contribution in [0.25, 0.3) is 0 Å². The van der Waals surface area contributed by atoms with Crippen molar-refractivity contribution in [2.24, 2.45) is 17.8 Å². The Labute approximate surface area is 95.1 Å². The summed E-state index contributed by atoms with van der Waals surface area (Å²) in [6.07, 6.45) is 7.35. The topological polar surface area (TPSA) is 49.0 Å². The number of nitrogens with zero attached hydrogens (tertiary/aromatic N) is 2. The van der Waals surface area contributed by atoms with E-state index in [0.717, 1.165) is 5.82 Å². The summed E-state index contributed by atoms with van der Waals surface area (Å²) in [5.41, 5.74) is 0. The van der Waals surface area contributed by atoms with E-state index in [1.165, 1.54) is 19.3 Å². The predicted molar refractivity (Wildman–Crippen MR) is 59.4 cm³/mol. The van der Waals surface area contributed by atoms with Crippen LogP contribution in [-0.2, 0) is 11.3 Å². The minimum Gasteiger partial charge on any atom is -0.347 e. The van der Waals surface area contributed by atoms with E-state index in [-0.39, 0.29) is 0 Å². The van der Waals surface area contributed by atoms with Gasteiger partial charge in [0.1, 0.15) is 5.82 Å². The van der Waals surface area contributed by atoms with Crippen molar-refractivity contribution in [3.8, 4) is 0 Å². The van der Waals surface area contributed by atoms with Crippen LogP contribution in [0.2, 0.25) is 0 Å². The van der Waals surface area contributed by atoms with Crippen LogP contribution in [0.5, 0.6) is 0 Å². The molecule has 16 heavy (non-hydrogen) atoms. The molecule has 3 rings (SSSR count). The van der Waals surface area contributed by atoms with Gasteiger partial charge in [-0.3, -0.25) is 4.79 Å². The summed E-state index contributed by atoms with van der Waals surface area (Å²) in [5.74, 6) is 2.90. The van der Waals surface area contributed by atoms with E-state index in [4.69, 9.17) is 0 Å². The number of H-pyrrole nitrogens is 1. The van der Waals surface area contributed by atoms with E-state index in [0.29, 0.717) is 30.2 Å². The zero-order valence-corrected chi connectivity index (χ0v) is 9.52. The van der Waals surface area contributed by atoms with E-state index in [1.54, 1.807) is 12.4 Å². The number of rotatable bonds is 3. The Hall–Kier alpha value is -1.32. The lowest BCUT2D eigenvalue weighted by Gasteiger charge is -2.16. The number of carbonyl (C=O) groups is 1. The molecule has 0 aromatic carbocycles. The molecule has 1 amide bonds. The van der Waals surface area contributed by atoms with Crippen molar-refractivity contribution in [1.82, 2.24) is 14.9 Å². The molecule has 1 heterocycles. The highest BCUT2D eigenvalue weighted by molar-refractivity contribution is 5.82. The average Bonchev–Trinajstić information content (AvgIpc) is 2.75. The van der Waals surface area contributed by atoms with Crippen LogP contribution in [0.1, 0.15) is 25.1 Å². The lowest BCUT2D eigenvalue weighted by atomic mass is 10.1. The number of carbonyl (C=O) groups excluding carboxylic acids is 1. The largest absolute Gasteiger partial charge is 0.347 e. The van der Waals surface area contributed by atoms with Gasteiger partial charge in [-0.2, -0.15) is 0 Å². The average molecular weight is 219 g/mol. The quantitative estimate of drug-likeness (QED) is 0.835. The molecule has 86 valence electrons. The standard InChI is InChI=1S/C12H17N3O/c1-15(7-10-13-5-6-14-10)12(16)11-8-3-2-4-9(8)11/h5-6,8-9,11H,2-4,7H2,1H3,(H,13,14). The van der Waals surface area contributed by atoms with E-state index in [1.807, 2.05) is 11.9 Å². The number of amides is 1. The van der Waals surface area contributed by atoms with E-state index < -0.39 is 0 Å². The maximum atomic E-state index is 12.1. The minimum absolute atomic E-state index is 0.311. The number of imidazole rings is 1. The number of aromatic nitrogens is 2. The second-order valence-corrected chi connectivity index (χ2v) is 5.01. The van der Waals surface area contributed by atoms with Gasteiger partial charge in [0.25, 0.3) is 0 Å². The Morgan fingerprint density at radius 1 is 1.56 bits per heavy atom. The summed E-state index contributed by atoms with van der Waals surface area (Å²) in [4.78, 5) is 21.1. The summed E-state index contributed by atoms with van der Waals surface area (Å²) in [6, 6.07) is 0. The highest BCUT2D eigenvalue weighted by atomic mass is 16.2. The van der Waals surface area contributed by atoms with Gasteiger partial charge in [0, 0.05) is 25.4 Å². The van der Waals surface area contributed by atoms with Crippen molar-refractivity contribution in [3.05, 3.63) is 18.2 Å². The molecule has 2 fully saturated rings. The zero-order valence-electron chi connectivity index (χ0n) is 9.52. The van der Waals surface area contributed by atoms with Crippen molar-refractivity contribution in [2.45, 2.75) is 25.8 Å². The molecule has 2 unspecified atom stereocenters. The Balaban J connectivity index is 1.59. The highest BCUT2D eigenvalue weighted by Gasteiger charge is 2.57. The highest BCUT2D eigenvalue weighted by Crippen LogP contribution is 2.58. The van der Waals surface area contributed by atoms with Crippen molar-refractivity contribution in [3.63, 3.8) is 0 Å². The van der Waals surface area contributed by atoms with Crippen LogP contribution in [0, 0.1) is 17.8 Å². The molecule has 2 saturated carbocycles. The van der Waals surface area contributed by atoms with E-state index >= 15 is 0 Å². The molecule has 2 aliphatic rings. The fourth-order valence-corrected chi connectivity index (χ4v) is 3.13. The van der Waals surface area contributed by atoms with Gasteiger partial charge in [0.05, 0.1) is 6.54 Å². The van der Waals surface area contributed by atoms with Crippen LogP contribution in [-0.4, -0.2) is 27.8 Å². The Morgan fingerprint density at radius 2 is 2.31 bits per heavy atom. The normalized spacial score (nSPS) is 31.2. The molecule has 0 saturated heterocycles. The summed E-state index contributed by atoms with van der Waals surface area (Å²) >= 11 is 0. The number of aromatic amines is 1. The molecule has 0 spiro atoms. The van der Waals surface area contributed by atoms with Gasteiger partial charge in [-0.25, -0.2) is 4.98 Å². The third-order valence-corrected chi connectivity index (χ3v) is 4.01. The molecule has 4 heteroatoms. The van der Waals surface area contributed by atoms with Gasteiger partial charge >= 0.3 is 0 Å². The second kappa shape index (κ2) is 3.61. The molecule has 1 N–H and O–H groups in total. The van der Waals surface area contributed by atoms with Crippen LogP contribution in [0.4, 0.5) is 0 Å². The third kappa shape index (κ3) is 1.52. The molecular formula is C12H17N3O. The van der Waals surface area contributed by atoms with E-state index in [2.05, 4.69) is 9.97 Å². The fraction of sp³-hybridized carbons (Fsp3) is 0.667. The Morgan fingerprint density at radius 3 is 2.94 bits per heavy atom. The van der Waals surface area contributed by atoms with Crippen LogP contribution in [0.15, 0.2) is 12.4 Å². The summed E-state index contributed by atoms with van der Waals surface area (Å²) in [5, 5.41) is 0. The van der Waals surface area contributed by atoms with Gasteiger partial charge < -0.3 is 9.88 Å². The third-order valence-electron chi connectivity index (χ3n) is 4.01. The van der Waals surface area contributed by atoms with Crippen molar-refractivity contribution >= 4 is 5.91 Å². The van der Waals surface area contributed by atoms with Gasteiger partial charge in [0.2, 0.25) is 5.91 Å². The van der Waals surface area contributed by atoms with Gasteiger partial charge in [-0.1, -0.05) is 6.42 Å². The maximum absolute atomic E-state index is 12.1. The number of hydrogen-bond acceptors (Lipinski definition) is 2. The van der Waals surface area contributed by atoms with Crippen LogP contribution >= 0.6 is 0 Å². The molecular weight excluding hydrogens is 202 g/mol. The number of hydrogen-bond donors (Lipinski definition) is 1. The Bertz CT molecular complexity index is 377. The predicted octanol–water partition coefficient (Wildman–Crippen LogP) is 1.41. The monoisotopic (exact) mass is 219 g/mol. The molecule has 0 radical (unpaired) electrons. The smallest absolute Gasteiger partial charge is 0.226 e. The first-order chi connectivity index (χ1) is 7.77. The van der Waals surface area contributed by atoms with Crippen molar-refractivity contribution in [1.29, 1.82) is 0 Å².